The van der Waals surface area contributed by atoms with E-state index < -0.39 is 0 Å². The van der Waals surface area contributed by atoms with Gasteiger partial charge in [-0.2, -0.15) is 0 Å². The zero-order valence-corrected chi connectivity index (χ0v) is 16.4. The van der Waals surface area contributed by atoms with Gasteiger partial charge in [0, 0.05) is 5.92 Å². The van der Waals surface area contributed by atoms with E-state index in [1.54, 1.807) is 6.26 Å². The first kappa shape index (κ1) is 17.6. The number of ether oxygens (including phenoxy) is 1. The van der Waals surface area contributed by atoms with Crippen molar-refractivity contribution in [2.45, 2.75) is 84.7 Å². The molecule has 0 amide bonds. The van der Waals surface area contributed by atoms with E-state index in [1.807, 2.05) is 6.92 Å². The van der Waals surface area contributed by atoms with Gasteiger partial charge in [-0.05, 0) is 99.2 Å². The van der Waals surface area contributed by atoms with Crippen LogP contribution in [0.3, 0.4) is 0 Å². The lowest BCUT2D eigenvalue weighted by molar-refractivity contribution is -0.138. The molecule has 0 radical (unpaired) electrons. The van der Waals surface area contributed by atoms with E-state index in [9.17, 15) is 4.79 Å². The van der Waals surface area contributed by atoms with Crippen molar-refractivity contribution in [2.24, 2.45) is 40.4 Å². The van der Waals surface area contributed by atoms with Gasteiger partial charge < -0.3 is 4.74 Å². The first-order valence-electron chi connectivity index (χ1n) is 10.7. The van der Waals surface area contributed by atoms with E-state index in [4.69, 9.17) is 4.74 Å². The average Bonchev–Trinajstić information content (AvgIpc) is 2.93. The summed E-state index contributed by atoms with van der Waals surface area (Å²) in [7, 11) is 0. The van der Waals surface area contributed by atoms with Crippen molar-refractivity contribution < 1.29 is 9.53 Å². The maximum Gasteiger partial charge on any atom is 0.133 e. The molecule has 0 aromatic heterocycles. The summed E-state index contributed by atoms with van der Waals surface area (Å²) in [5.41, 5.74) is 0.791. The number of carbonyl (C=O) groups excluding carboxylic acids is 1. The molecular weight excluding hydrogens is 308 g/mol. The van der Waals surface area contributed by atoms with Gasteiger partial charge in [-0.25, -0.2) is 0 Å². The number of carbonyl (C=O) groups is 1. The van der Waals surface area contributed by atoms with E-state index in [-0.39, 0.29) is 0 Å². The van der Waals surface area contributed by atoms with Crippen LogP contribution in [-0.2, 0) is 9.53 Å². The molecule has 0 heterocycles. The Labute approximate surface area is 153 Å². The van der Waals surface area contributed by atoms with Crippen molar-refractivity contribution in [3.8, 4) is 0 Å². The Morgan fingerprint density at radius 2 is 1.72 bits per heavy atom. The minimum atomic E-state index is 0.291. The van der Waals surface area contributed by atoms with Crippen molar-refractivity contribution in [3.63, 3.8) is 0 Å². The first-order valence-corrected chi connectivity index (χ1v) is 10.7. The molecule has 8 unspecified atom stereocenters. The van der Waals surface area contributed by atoms with Crippen LogP contribution < -0.4 is 0 Å². The SMILES string of the molecule is C=COC1CCC2(C)C(CCC3C2CCC2(C)C(C(C)=O)CCC32)C1. The Bertz CT molecular complexity index is 554. The summed E-state index contributed by atoms with van der Waals surface area (Å²) in [6, 6.07) is 0. The fourth-order valence-electron chi connectivity index (χ4n) is 8.15. The Kier molecular flexibility index (Phi) is 4.32. The Morgan fingerprint density at radius 3 is 2.44 bits per heavy atom. The second kappa shape index (κ2) is 6.13. The maximum atomic E-state index is 12.2. The van der Waals surface area contributed by atoms with E-state index in [0.29, 0.717) is 28.6 Å². The number of ketones is 1. The topological polar surface area (TPSA) is 26.3 Å². The molecule has 8 atom stereocenters. The highest BCUT2D eigenvalue weighted by Crippen LogP contribution is 2.67. The van der Waals surface area contributed by atoms with Crippen LogP contribution in [0.4, 0.5) is 0 Å². The van der Waals surface area contributed by atoms with E-state index in [1.165, 1.54) is 51.4 Å². The molecule has 2 heteroatoms. The number of rotatable bonds is 3. The number of hydrogen-bond donors (Lipinski definition) is 0. The zero-order chi connectivity index (χ0) is 17.8. The summed E-state index contributed by atoms with van der Waals surface area (Å²) in [6.45, 7) is 10.6. The lowest BCUT2D eigenvalue weighted by atomic mass is 9.44. The van der Waals surface area contributed by atoms with E-state index in [0.717, 1.165) is 30.1 Å². The predicted octanol–water partition coefficient (Wildman–Crippen LogP) is 5.76. The van der Waals surface area contributed by atoms with Crippen LogP contribution in [0.25, 0.3) is 0 Å². The first-order chi connectivity index (χ1) is 11.9. The van der Waals surface area contributed by atoms with Gasteiger partial charge in [0.25, 0.3) is 0 Å². The molecule has 0 bridgehead atoms. The standard InChI is InChI=1S/C23H36O2/c1-5-25-17-10-12-22(3)16(14-17)6-7-18-20-9-8-19(15(2)24)23(20,4)13-11-21(18)22/h5,16-21H,1,6-14H2,2-4H3. The van der Waals surface area contributed by atoms with Crippen LogP contribution in [0, 0.1) is 40.4 Å². The second-order valence-corrected chi connectivity index (χ2v) is 10.1. The van der Waals surface area contributed by atoms with Crippen molar-refractivity contribution >= 4 is 5.78 Å². The van der Waals surface area contributed by atoms with Crippen LogP contribution >= 0.6 is 0 Å². The molecule has 2 nitrogen and oxygen atoms in total. The highest BCUT2D eigenvalue weighted by atomic mass is 16.5. The zero-order valence-electron chi connectivity index (χ0n) is 16.4. The lowest BCUT2D eigenvalue weighted by Gasteiger charge is -2.61. The highest BCUT2D eigenvalue weighted by Gasteiger charge is 2.60. The molecular formula is C23H36O2. The summed E-state index contributed by atoms with van der Waals surface area (Å²) < 4.78 is 5.77. The largest absolute Gasteiger partial charge is 0.499 e. The lowest BCUT2D eigenvalue weighted by Crippen LogP contribution is -2.54. The highest BCUT2D eigenvalue weighted by molar-refractivity contribution is 5.79. The average molecular weight is 345 g/mol. The molecule has 4 aliphatic carbocycles. The quantitative estimate of drug-likeness (QED) is 0.608. The summed E-state index contributed by atoms with van der Waals surface area (Å²) in [5, 5.41) is 0. The maximum absolute atomic E-state index is 12.2. The Hall–Kier alpha value is -0.790. The smallest absolute Gasteiger partial charge is 0.133 e. The Balaban J connectivity index is 1.56. The number of hydrogen-bond acceptors (Lipinski definition) is 2. The minimum absolute atomic E-state index is 0.291. The van der Waals surface area contributed by atoms with E-state index >= 15 is 0 Å². The monoisotopic (exact) mass is 344 g/mol. The van der Waals surface area contributed by atoms with Crippen molar-refractivity contribution in [1.82, 2.24) is 0 Å². The third-order valence-electron chi connectivity index (χ3n) is 9.40. The van der Waals surface area contributed by atoms with Gasteiger partial charge >= 0.3 is 0 Å². The van der Waals surface area contributed by atoms with Gasteiger partial charge in [0.05, 0.1) is 12.4 Å². The van der Waals surface area contributed by atoms with E-state index in [2.05, 4.69) is 20.4 Å². The fourth-order valence-corrected chi connectivity index (χ4v) is 8.15. The third-order valence-corrected chi connectivity index (χ3v) is 9.40. The molecule has 0 aliphatic heterocycles. The molecule has 0 aromatic carbocycles. The van der Waals surface area contributed by atoms with Crippen LogP contribution in [0.5, 0.6) is 0 Å². The minimum Gasteiger partial charge on any atom is -0.499 e. The molecule has 4 rings (SSSR count). The van der Waals surface area contributed by atoms with Crippen LogP contribution in [0.15, 0.2) is 12.8 Å². The number of fused-ring (bicyclic) bond motifs is 5. The summed E-state index contributed by atoms with van der Waals surface area (Å²) >= 11 is 0. The molecule has 140 valence electrons. The van der Waals surface area contributed by atoms with Gasteiger partial charge in [-0.1, -0.05) is 20.4 Å². The molecule has 4 aliphatic rings. The van der Waals surface area contributed by atoms with Crippen molar-refractivity contribution in [2.75, 3.05) is 0 Å². The van der Waals surface area contributed by atoms with Crippen LogP contribution in [-0.4, -0.2) is 11.9 Å². The van der Waals surface area contributed by atoms with Gasteiger partial charge in [0.1, 0.15) is 5.78 Å². The molecule has 25 heavy (non-hydrogen) atoms. The second-order valence-electron chi connectivity index (χ2n) is 10.1. The Morgan fingerprint density at radius 1 is 1.00 bits per heavy atom. The van der Waals surface area contributed by atoms with Gasteiger partial charge in [-0.3, -0.25) is 4.79 Å². The van der Waals surface area contributed by atoms with Gasteiger partial charge in [0.15, 0.2) is 0 Å². The molecule has 0 saturated heterocycles. The van der Waals surface area contributed by atoms with Crippen LogP contribution in [0.2, 0.25) is 0 Å². The van der Waals surface area contributed by atoms with Gasteiger partial charge in [0.2, 0.25) is 0 Å². The number of Topliss-reactive ketones (excluding diaryl/α,β-unsaturated/α-hetero) is 1. The third kappa shape index (κ3) is 2.53. The van der Waals surface area contributed by atoms with Gasteiger partial charge in [-0.15, -0.1) is 0 Å². The molecule has 0 N–H and O–H groups in total. The molecule has 0 spiro atoms. The van der Waals surface area contributed by atoms with Crippen molar-refractivity contribution in [3.05, 3.63) is 12.8 Å². The molecule has 0 aromatic rings. The normalized spacial score (nSPS) is 51.8. The summed E-state index contributed by atoms with van der Waals surface area (Å²) in [6.07, 6.45) is 13.6. The summed E-state index contributed by atoms with van der Waals surface area (Å²) in [5.74, 6) is 4.13. The fraction of sp³-hybridized carbons (Fsp3) is 0.870. The molecule has 4 saturated carbocycles. The van der Waals surface area contributed by atoms with Crippen molar-refractivity contribution in [1.29, 1.82) is 0 Å². The summed E-state index contributed by atoms with van der Waals surface area (Å²) in [4.78, 5) is 12.2. The molecule has 4 fully saturated rings. The van der Waals surface area contributed by atoms with Crippen LogP contribution in [0.1, 0.15) is 78.6 Å². The predicted molar refractivity (Wildman–Crippen MR) is 101 cm³/mol.